The second-order valence-electron chi connectivity index (χ2n) is 10.3. The van der Waals surface area contributed by atoms with Gasteiger partial charge in [0.15, 0.2) is 0 Å². The number of hydrogen-bond donors (Lipinski definition) is 1. The van der Waals surface area contributed by atoms with Gasteiger partial charge >= 0.3 is 5.97 Å². The van der Waals surface area contributed by atoms with Gasteiger partial charge in [0.25, 0.3) is 0 Å². The van der Waals surface area contributed by atoms with Crippen LogP contribution in [0.2, 0.25) is 0 Å². The van der Waals surface area contributed by atoms with Gasteiger partial charge in [0.2, 0.25) is 5.91 Å². The molecule has 0 saturated heterocycles. The van der Waals surface area contributed by atoms with E-state index in [4.69, 9.17) is 0 Å². The van der Waals surface area contributed by atoms with Crippen molar-refractivity contribution < 1.29 is 14.7 Å². The molecule has 0 aliphatic rings. The van der Waals surface area contributed by atoms with E-state index in [1.807, 2.05) is 32.9 Å². The van der Waals surface area contributed by atoms with Crippen LogP contribution in [-0.4, -0.2) is 22.0 Å². The van der Waals surface area contributed by atoms with Crippen LogP contribution >= 0.6 is 0 Å². The minimum Gasteiger partial charge on any atom is -0.478 e. The van der Waals surface area contributed by atoms with Crippen LogP contribution in [-0.2, 0) is 17.8 Å². The van der Waals surface area contributed by atoms with Crippen LogP contribution in [0.5, 0.6) is 0 Å². The number of amides is 1. The molecule has 0 aliphatic carbocycles. The summed E-state index contributed by atoms with van der Waals surface area (Å²) in [6.07, 6.45) is 3.00. The van der Waals surface area contributed by atoms with E-state index in [1.165, 1.54) is 5.56 Å². The molecule has 0 radical (unpaired) electrons. The van der Waals surface area contributed by atoms with Gasteiger partial charge in [-0.1, -0.05) is 76.2 Å². The number of nitrogens with zero attached hydrogens (tertiary/aromatic N) is 2. The lowest BCUT2D eigenvalue weighted by atomic mass is 9.91. The molecular weight excluding hydrogens is 448 g/mol. The summed E-state index contributed by atoms with van der Waals surface area (Å²) < 4.78 is 0. The lowest BCUT2D eigenvalue weighted by molar-refractivity contribution is -0.120. The van der Waals surface area contributed by atoms with Gasteiger partial charge in [-0.3, -0.25) is 9.69 Å². The molecule has 4 aromatic rings. The molecule has 0 fully saturated rings. The zero-order valence-electron chi connectivity index (χ0n) is 21.3. The first-order valence-corrected chi connectivity index (χ1v) is 12.3. The van der Waals surface area contributed by atoms with Crippen LogP contribution in [0.3, 0.4) is 0 Å². The van der Waals surface area contributed by atoms with Crippen LogP contribution in [0.25, 0.3) is 21.9 Å². The Morgan fingerprint density at radius 3 is 2.03 bits per heavy atom. The predicted molar refractivity (Wildman–Crippen MR) is 145 cm³/mol. The molecule has 36 heavy (non-hydrogen) atoms. The molecule has 1 N–H and O–H groups in total. The Kier molecular flexibility index (Phi) is 7.20. The minimum atomic E-state index is -0.986. The molecule has 1 aromatic heterocycles. The molecule has 5 nitrogen and oxygen atoms in total. The van der Waals surface area contributed by atoms with Crippen LogP contribution in [0, 0.1) is 5.41 Å². The fourth-order valence-electron chi connectivity index (χ4n) is 4.26. The van der Waals surface area contributed by atoms with Crippen molar-refractivity contribution in [2.24, 2.45) is 5.41 Å². The maximum absolute atomic E-state index is 13.5. The predicted octanol–water partition coefficient (Wildman–Crippen LogP) is 7.13. The summed E-state index contributed by atoms with van der Waals surface area (Å²) >= 11 is 0. The number of benzene rings is 3. The molecule has 1 heterocycles. The van der Waals surface area contributed by atoms with Gasteiger partial charge in [0.05, 0.1) is 12.1 Å². The van der Waals surface area contributed by atoms with Crippen molar-refractivity contribution in [3.05, 3.63) is 95.7 Å². The summed E-state index contributed by atoms with van der Waals surface area (Å²) in [4.78, 5) is 31.3. The maximum Gasteiger partial charge on any atom is 0.335 e. The lowest BCUT2D eigenvalue weighted by Gasteiger charge is -2.27. The van der Waals surface area contributed by atoms with E-state index >= 15 is 0 Å². The zero-order chi connectivity index (χ0) is 25.9. The number of carboxylic acids is 1. The molecule has 1 amide bonds. The summed E-state index contributed by atoms with van der Waals surface area (Å²) in [5, 5.41) is 10.9. The van der Waals surface area contributed by atoms with Crippen molar-refractivity contribution in [3.8, 4) is 11.1 Å². The Morgan fingerprint density at radius 1 is 0.861 bits per heavy atom. The Hall–Kier alpha value is -3.99. The number of aryl methyl sites for hydroxylation is 1. The molecule has 0 bridgehead atoms. The van der Waals surface area contributed by atoms with Gasteiger partial charge in [0.1, 0.15) is 5.82 Å². The standard InChI is InChI=1S/C31H32N2O3/c1-5-21-6-10-23(11-7-21)24-12-8-22(9-13-24)20-33(28(34)19-31(2,3)4)29-27-15-14-26(30(35)36)18-25(27)16-17-32-29/h6-18H,5,19-20H2,1-4H3,(H,35,36). The van der Waals surface area contributed by atoms with Gasteiger partial charge in [-0.2, -0.15) is 0 Å². The number of aromatic carboxylic acids is 1. The fourth-order valence-corrected chi connectivity index (χ4v) is 4.26. The highest BCUT2D eigenvalue weighted by Gasteiger charge is 2.25. The summed E-state index contributed by atoms with van der Waals surface area (Å²) in [6, 6.07) is 23.5. The van der Waals surface area contributed by atoms with Crippen molar-refractivity contribution in [1.82, 2.24) is 4.98 Å². The van der Waals surface area contributed by atoms with Crippen molar-refractivity contribution in [2.45, 2.75) is 47.1 Å². The number of pyridine rings is 1. The molecule has 0 atom stereocenters. The highest BCUT2D eigenvalue weighted by atomic mass is 16.4. The molecule has 0 saturated carbocycles. The Labute approximate surface area is 212 Å². The molecule has 0 unspecified atom stereocenters. The summed E-state index contributed by atoms with van der Waals surface area (Å²) in [5.74, 6) is -0.470. The average molecular weight is 481 g/mol. The number of anilines is 1. The van der Waals surface area contributed by atoms with Crippen molar-refractivity contribution in [3.63, 3.8) is 0 Å². The second-order valence-corrected chi connectivity index (χ2v) is 10.3. The first kappa shape index (κ1) is 25.1. The first-order chi connectivity index (χ1) is 17.1. The topological polar surface area (TPSA) is 70.5 Å². The van der Waals surface area contributed by atoms with E-state index < -0.39 is 5.97 Å². The van der Waals surface area contributed by atoms with E-state index in [-0.39, 0.29) is 16.9 Å². The Bertz CT molecular complexity index is 1380. The van der Waals surface area contributed by atoms with E-state index in [0.29, 0.717) is 18.8 Å². The molecular formula is C31H32N2O3. The monoisotopic (exact) mass is 480 g/mol. The Balaban J connectivity index is 1.69. The number of carbonyl (C=O) groups excluding carboxylic acids is 1. The van der Waals surface area contributed by atoms with E-state index in [0.717, 1.165) is 33.9 Å². The van der Waals surface area contributed by atoms with Crippen molar-refractivity contribution in [2.75, 3.05) is 4.90 Å². The van der Waals surface area contributed by atoms with Crippen molar-refractivity contribution in [1.29, 1.82) is 0 Å². The normalized spacial score (nSPS) is 11.4. The minimum absolute atomic E-state index is 0.0240. The third-order valence-electron chi connectivity index (χ3n) is 6.22. The molecule has 0 spiro atoms. The van der Waals surface area contributed by atoms with Crippen LogP contribution in [0.1, 0.15) is 55.6 Å². The molecule has 3 aromatic carbocycles. The van der Waals surface area contributed by atoms with Crippen molar-refractivity contribution >= 4 is 28.5 Å². The first-order valence-electron chi connectivity index (χ1n) is 12.3. The van der Waals surface area contributed by atoms with E-state index in [2.05, 4.69) is 48.3 Å². The molecule has 184 valence electrons. The highest BCUT2D eigenvalue weighted by molar-refractivity contribution is 6.04. The lowest BCUT2D eigenvalue weighted by Crippen LogP contribution is -2.34. The number of aromatic nitrogens is 1. The van der Waals surface area contributed by atoms with Gasteiger partial charge in [-0.05, 0) is 63.7 Å². The van der Waals surface area contributed by atoms with Gasteiger partial charge < -0.3 is 5.11 Å². The number of fused-ring (bicyclic) bond motifs is 1. The van der Waals surface area contributed by atoms with Crippen LogP contribution in [0.4, 0.5) is 5.82 Å². The smallest absolute Gasteiger partial charge is 0.335 e. The third-order valence-corrected chi connectivity index (χ3v) is 6.22. The quantitative estimate of drug-likeness (QED) is 0.305. The fraction of sp³-hybridized carbons (Fsp3) is 0.258. The number of rotatable bonds is 7. The summed E-state index contributed by atoms with van der Waals surface area (Å²) in [7, 11) is 0. The average Bonchev–Trinajstić information content (AvgIpc) is 2.86. The summed E-state index contributed by atoms with van der Waals surface area (Å²) in [6.45, 7) is 8.63. The third kappa shape index (κ3) is 5.80. The van der Waals surface area contributed by atoms with Gasteiger partial charge in [-0.25, -0.2) is 9.78 Å². The number of carbonyl (C=O) groups is 2. The van der Waals surface area contributed by atoms with Crippen LogP contribution in [0.15, 0.2) is 79.0 Å². The van der Waals surface area contributed by atoms with Crippen LogP contribution < -0.4 is 4.90 Å². The number of hydrogen-bond acceptors (Lipinski definition) is 3. The number of carboxylic acid groups (broad SMARTS) is 1. The van der Waals surface area contributed by atoms with Gasteiger partial charge in [0, 0.05) is 18.0 Å². The largest absolute Gasteiger partial charge is 0.478 e. The van der Waals surface area contributed by atoms with Gasteiger partial charge in [-0.15, -0.1) is 0 Å². The molecule has 5 heteroatoms. The maximum atomic E-state index is 13.5. The van der Waals surface area contributed by atoms with E-state index in [1.54, 1.807) is 35.4 Å². The zero-order valence-corrected chi connectivity index (χ0v) is 21.3. The Morgan fingerprint density at radius 2 is 1.47 bits per heavy atom. The summed E-state index contributed by atoms with van der Waals surface area (Å²) in [5.41, 5.74) is 4.59. The SMILES string of the molecule is CCc1ccc(-c2ccc(CN(C(=O)CC(C)(C)C)c3nccc4cc(C(=O)O)ccc34)cc2)cc1. The van der Waals surface area contributed by atoms with E-state index in [9.17, 15) is 14.7 Å². The highest BCUT2D eigenvalue weighted by Crippen LogP contribution is 2.30. The second kappa shape index (κ2) is 10.3. The molecule has 0 aliphatic heterocycles. The molecule has 4 rings (SSSR count).